The average Bonchev–Trinajstić information content (AvgIpc) is 2.76. The Bertz CT molecular complexity index is 639. The monoisotopic (exact) mass is 502 g/mol. The minimum Gasteiger partial charge on any atom is -0.426 e. The molecule has 0 fully saturated rings. The van der Waals surface area contributed by atoms with E-state index in [-0.39, 0.29) is 37.8 Å². The van der Waals surface area contributed by atoms with Gasteiger partial charge in [0.25, 0.3) is 5.96 Å². The zero-order valence-electron chi connectivity index (χ0n) is 20.9. The van der Waals surface area contributed by atoms with Crippen LogP contribution >= 0.6 is 0 Å². The van der Waals surface area contributed by atoms with Crippen LogP contribution in [-0.4, -0.2) is 70.2 Å². The quantitative estimate of drug-likeness (QED) is 0.0285. The Hall–Kier alpha value is -2.45. The summed E-state index contributed by atoms with van der Waals surface area (Å²) >= 11 is 0. The van der Waals surface area contributed by atoms with Crippen molar-refractivity contribution < 1.29 is 29.8 Å². The third kappa shape index (κ3) is 18.5. The molecule has 0 saturated heterocycles. The number of guanidine groups is 1. The molecule has 35 heavy (non-hydrogen) atoms. The summed E-state index contributed by atoms with van der Waals surface area (Å²) in [5.41, 5.74) is 1.67. The van der Waals surface area contributed by atoms with Crippen LogP contribution in [0.25, 0.3) is 0 Å². The van der Waals surface area contributed by atoms with Gasteiger partial charge in [0.05, 0.1) is 5.94 Å². The van der Waals surface area contributed by atoms with Crippen molar-refractivity contribution in [3.8, 4) is 0 Å². The molecule has 13 nitrogen and oxygen atoms in total. The summed E-state index contributed by atoms with van der Waals surface area (Å²) in [6.45, 7) is 4.13. The van der Waals surface area contributed by atoms with Crippen LogP contribution in [0.15, 0.2) is 0 Å². The number of aliphatic hydroxyl groups excluding tert-OH is 1. The molecule has 0 aliphatic carbocycles. The Morgan fingerprint density at radius 3 is 2.14 bits per heavy atom. The first kappa shape index (κ1) is 32.6. The first-order valence-corrected chi connectivity index (χ1v) is 12.4. The van der Waals surface area contributed by atoms with Crippen molar-refractivity contribution in [2.45, 2.75) is 96.5 Å². The highest BCUT2D eigenvalue weighted by atomic mass is 16.7. The normalized spacial score (nSPS) is 12.5. The zero-order valence-corrected chi connectivity index (χ0v) is 20.9. The van der Waals surface area contributed by atoms with Crippen LogP contribution in [0.3, 0.4) is 0 Å². The second-order valence-corrected chi connectivity index (χ2v) is 9.04. The summed E-state index contributed by atoms with van der Waals surface area (Å²) in [6, 6.07) is -0.922. The summed E-state index contributed by atoms with van der Waals surface area (Å²) in [4.78, 5) is 35.6. The molecule has 202 valence electrons. The van der Waals surface area contributed by atoms with Gasteiger partial charge in [0.15, 0.2) is 5.03 Å². The van der Waals surface area contributed by atoms with Gasteiger partial charge in [-0.05, 0) is 38.0 Å². The minimum atomic E-state index is -1.74. The molecular formula is C21H43BN6O7. The fourth-order valence-electron chi connectivity index (χ4n) is 3.51. The van der Waals surface area contributed by atoms with Gasteiger partial charge in [-0.2, -0.15) is 0 Å². The van der Waals surface area contributed by atoms with Crippen molar-refractivity contribution in [1.82, 2.24) is 21.4 Å². The van der Waals surface area contributed by atoms with Crippen molar-refractivity contribution in [3.63, 3.8) is 0 Å². The number of carbonyl (C=O) groups excluding carboxylic acids is 2. The predicted molar refractivity (Wildman–Crippen MR) is 133 cm³/mol. The maximum atomic E-state index is 12.8. The molecule has 0 aromatic rings. The molecule has 0 aromatic heterocycles. The molecule has 8 N–H and O–H groups in total. The molecule has 0 rings (SSSR count). The van der Waals surface area contributed by atoms with E-state index >= 15 is 0 Å². The number of nitro groups is 1. The summed E-state index contributed by atoms with van der Waals surface area (Å²) in [6.07, 6.45) is 7.55. The number of unbranched alkanes of at least 4 members (excludes halogenated alkanes) is 6. The standard InChI is InChI=1S/C21H43BN6O7/c1-16(2)15-18(22(32)33)26-20(31)17(11-10-13-24-21(23)27-28(34)35)25-19(30)12-8-6-4-3-5-7-9-14-29/h16-18,29,32-33H,3-15H2,1-2H3,(H,25,30)(H,26,31)(H3,23,24,27)/t17-,18-/m0/s1. The van der Waals surface area contributed by atoms with E-state index in [1.807, 2.05) is 13.8 Å². The van der Waals surface area contributed by atoms with E-state index in [0.717, 1.165) is 38.5 Å². The largest absolute Gasteiger partial charge is 0.475 e. The number of nitrogens with zero attached hydrogens (tertiary/aromatic N) is 1. The van der Waals surface area contributed by atoms with Crippen LogP contribution < -0.4 is 21.4 Å². The summed E-state index contributed by atoms with van der Waals surface area (Å²) < 4.78 is 0. The SMILES string of the molecule is CC(C)C[C@H](NC(=O)[C@H](CCCNC(=N)N[N+](=O)[O-])NC(=O)CCCCCCCCCO)B(O)O. The Labute approximate surface area is 207 Å². The lowest BCUT2D eigenvalue weighted by Crippen LogP contribution is -2.54. The van der Waals surface area contributed by atoms with Crippen LogP contribution in [0, 0.1) is 21.4 Å². The van der Waals surface area contributed by atoms with Gasteiger partial charge < -0.3 is 31.1 Å². The smallest absolute Gasteiger partial charge is 0.426 e. The highest BCUT2D eigenvalue weighted by Gasteiger charge is 2.29. The van der Waals surface area contributed by atoms with Crippen molar-refractivity contribution >= 4 is 24.9 Å². The Kier molecular flexibility index (Phi) is 18.4. The molecular weight excluding hydrogens is 459 g/mol. The van der Waals surface area contributed by atoms with E-state index < -0.39 is 36.0 Å². The first-order valence-electron chi connectivity index (χ1n) is 12.4. The molecule has 0 radical (unpaired) electrons. The van der Waals surface area contributed by atoms with E-state index in [4.69, 9.17) is 10.5 Å². The van der Waals surface area contributed by atoms with E-state index in [1.54, 1.807) is 5.43 Å². The molecule has 0 heterocycles. The summed E-state index contributed by atoms with van der Waals surface area (Å²) in [5, 5.41) is 52.7. The van der Waals surface area contributed by atoms with Crippen LogP contribution in [0.2, 0.25) is 0 Å². The molecule has 0 saturated carbocycles. The second-order valence-electron chi connectivity index (χ2n) is 9.04. The van der Waals surface area contributed by atoms with Gasteiger partial charge in [0.2, 0.25) is 11.8 Å². The highest BCUT2D eigenvalue weighted by molar-refractivity contribution is 6.43. The van der Waals surface area contributed by atoms with Crippen LogP contribution in [0.1, 0.15) is 84.5 Å². The van der Waals surface area contributed by atoms with Gasteiger partial charge in [-0.15, -0.1) is 0 Å². The van der Waals surface area contributed by atoms with Gasteiger partial charge in [0, 0.05) is 19.6 Å². The van der Waals surface area contributed by atoms with Gasteiger partial charge in [-0.3, -0.25) is 15.0 Å². The molecule has 2 amide bonds. The molecule has 0 unspecified atom stereocenters. The Morgan fingerprint density at radius 2 is 1.60 bits per heavy atom. The third-order valence-corrected chi connectivity index (χ3v) is 5.30. The molecule has 0 aromatic carbocycles. The van der Waals surface area contributed by atoms with Gasteiger partial charge in [0.1, 0.15) is 6.04 Å². The summed E-state index contributed by atoms with van der Waals surface area (Å²) in [5.74, 6) is -2.10. The first-order chi connectivity index (χ1) is 16.6. The van der Waals surface area contributed by atoms with Crippen LogP contribution in [0.4, 0.5) is 0 Å². The number of aliphatic hydroxyl groups is 1. The highest BCUT2D eigenvalue weighted by Crippen LogP contribution is 2.10. The van der Waals surface area contributed by atoms with Gasteiger partial charge >= 0.3 is 7.12 Å². The predicted octanol–water partition coefficient (Wildman–Crippen LogP) is 0.213. The number of amides is 2. The average molecular weight is 502 g/mol. The number of nitrogens with one attached hydrogen (secondary N) is 5. The number of hydrazine groups is 1. The van der Waals surface area contributed by atoms with Gasteiger partial charge in [-0.25, -0.2) is 10.1 Å². The lowest BCUT2D eigenvalue weighted by Gasteiger charge is -2.24. The van der Waals surface area contributed by atoms with Crippen molar-refractivity contribution in [3.05, 3.63) is 10.1 Å². The topological polar surface area (TPSA) is 210 Å². The fourth-order valence-corrected chi connectivity index (χ4v) is 3.51. The Morgan fingerprint density at radius 1 is 1.00 bits per heavy atom. The second kappa shape index (κ2) is 19.8. The molecule has 0 bridgehead atoms. The maximum Gasteiger partial charge on any atom is 0.475 e. The van der Waals surface area contributed by atoms with Crippen molar-refractivity contribution in [2.24, 2.45) is 5.92 Å². The third-order valence-electron chi connectivity index (χ3n) is 5.30. The van der Waals surface area contributed by atoms with Crippen LogP contribution in [-0.2, 0) is 9.59 Å². The van der Waals surface area contributed by atoms with E-state index in [9.17, 15) is 29.8 Å². The van der Waals surface area contributed by atoms with Crippen LogP contribution in [0.5, 0.6) is 0 Å². The number of rotatable bonds is 20. The lowest BCUT2D eigenvalue weighted by molar-refractivity contribution is -0.525. The van der Waals surface area contributed by atoms with Crippen molar-refractivity contribution in [1.29, 1.82) is 5.41 Å². The minimum absolute atomic E-state index is 0.100. The lowest BCUT2D eigenvalue weighted by atomic mass is 9.75. The van der Waals surface area contributed by atoms with Crippen molar-refractivity contribution in [2.75, 3.05) is 13.2 Å². The van der Waals surface area contributed by atoms with E-state index in [1.165, 1.54) is 0 Å². The fraction of sp³-hybridized carbons (Fsp3) is 0.857. The number of hydrogen-bond acceptors (Lipinski definition) is 8. The zero-order chi connectivity index (χ0) is 26.6. The Balaban J connectivity index is 4.73. The molecule has 0 aliphatic heterocycles. The maximum absolute atomic E-state index is 12.8. The molecule has 0 aliphatic rings. The molecule has 2 atom stereocenters. The summed E-state index contributed by atoms with van der Waals surface area (Å²) in [7, 11) is -1.74. The molecule has 14 heteroatoms. The van der Waals surface area contributed by atoms with E-state index in [0.29, 0.717) is 19.3 Å². The number of carbonyl (C=O) groups is 2. The number of hydrogen-bond donors (Lipinski definition) is 8. The van der Waals surface area contributed by atoms with Gasteiger partial charge in [-0.1, -0.05) is 51.4 Å². The van der Waals surface area contributed by atoms with E-state index in [2.05, 4.69) is 16.0 Å². The molecule has 0 spiro atoms.